The van der Waals surface area contributed by atoms with E-state index in [0.717, 1.165) is 11.8 Å². The number of nitrogens with two attached hydrogens (primary N) is 1. The summed E-state index contributed by atoms with van der Waals surface area (Å²) in [5, 5.41) is 4.36. The molecule has 4 heteroatoms. The minimum absolute atomic E-state index is 0.365. The summed E-state index contributed by atoms with van der Waals surface area (Å²) in [5.74, 6) is 1.85. The van der Waals surface area contributed by atoms with Crippen molar-refractivity contribution in [1.29, 1.82) is 0 Å². The fourth-order valence-electron chi connectivity index (χ4n) is 3.84. The predicted octanol–water partition coefficient (Wildman–Crippen LogP) is 1.46. The highest BCUT2D eigenvalue weighted by molar-refractivity contribution is 5.21. The van der Waals surface area contributed by atoms with E-state index in [1.165, 1.54) is 43.6 Å². The zero-order valence-electron chi connectivity index (χ0n) is 11.5. The molecule has 0 radical (unpaired) electrons. The van der Waals surface area contributed by atoms with Gasteiger partial charge in [0, 0.05) is 37.9 Å². The van der Waals surface area contributed by atoms with Crippen molar-refractivity contribution >= 4 is 0 Å². The number of hydrogen-bond acceptors (Lipinski definition) is 3. The van der Waals surface area contributed by atoms with Crippen LogP contribution in [0.15, 0.2) is 6.20 Å². The Morgan fingerprint density at radius 1 is 1.39 bits per heavy atom. The van der Waals surface area contributed by atoms with Crippen molar-refractivity contribution in [2.24, 2.45) is 24.6 Å². The van der Waals surface area contributed by atoms with Gasteiger partial charge in [-0.3, -0.25) is 9.58 Å². The Hall–Kier alpha value is -0.870. The molecular formula is C14H24N4. The van der Waals surface area contributed by atoms with E-state index in [-0.39, 0.29) is 0 Å². The molecule has 2 N–H and O–H groups in total. The van der Waals surface area contributed by atoms with Gasteiger partial charge in [0.15, 0.2) is 0 Å². The van der Waals surface area contributed by atoms with Gasteiger partial charge in [-0.1, -0.05) is 6.42 Å². The lowest BCUT2D eigenvalue weighted by molar-refractivity contribution is 0.231. The second-order valence-corrected chi connectivity index (χ2v) is 5.97. The zero-order chi connectivity index (χ0) is 12.7. The van der Waals surface area contributed by atoms with Gasteiger partial charge in [0.25, 0.3) is 0 Å². The zero-order valence-corrected chi connectivity index (χ0v) is 11.5. The highest BCUT2D eigenvalue weighted by Crippen LogP contribution is 2.40. The quantitative estimate of drug-likeness (QED) is 0.881. The van der Waals surface area contributed by atoms with Crippen molar-refractivity contribution in [1.82, 2.24) is 14.7 Å². The molecule has 0 spiro atoms. The second kappa shape index (κ2) is 4.67. The molecule has 0 aromatic carbocycles. The van der Waals surface area contributed by atoms with Gasteiger partial charge in [0.05, 0.1) is 12.2 Å². The van der Waals surface area contributed by atoms with Crippen molar-refractivity contribution in [3.8, 4) is 0 Å². The number of hydrogen-bond donors (Lipinski definition) is 1. The number of likely N-dealkylation sites (tertiary alicyclic amines) is 1. The Balaban J connectivity index is 1.79. The van der Waals surface area contributed by atoms with Gasteiger partial charge >= 0.3 is 0 Å². The first kappa shape index (κ1) is 12.2. The van der Waals surface area contributed by atoms with Crippen molar-refractivity contribution in [3.05, 3.63) is 17.5 Å². The molecule has 1 aromatic heterocycles. The molecule has 3 rings (SSSR count). The smallest absolute Gasteiger partial charge is 0.0540 e. The molecule has 3 atom stereocenters. The lowest BCUT2D eigenvalue weighted by Gasteiger charge is -2.27. The highest BCUT2D eigenvalue weighted by atomic mass is 15.3. The largest absolute Gasteiger partial charge is 0.329 e. The maximum Gasteiger partial charge on any atom is 0.0540 e. The Morgan fingerprint density at radius 3 is 2.56 bits per heavy atom. The minimum Gasteiger partial charge on any atom is -0.329 e. The van der Waals surface area contributed by atoms with Crippen LogP contribution >= 0.6 is 0 Å². The fraction of sp³-hybridized carbons (Fsp3) is 0.786. The Morgan fingerprint density at radius 2 is 2.06 bits per heavy atom. The molecule has 4 nitrogen and oxygen atoms in total. The topological polar surface area (TPSA) is 47.1 Å². The van der Waals surface area contributed by atoms with Crippen LogP contribution in [0.4, 0.5) is 0 Å². The summed E-state index contributed by atoms with van der Waals surface area (Å²) >= 11 is 0. The van der Waals surface area contributed by atoms with E-state index in [4.69, 9.17) is 5.73 Å². The molecule has 2 aliphatic rings. The van der Waals surface area contributed by atoms with E-state index in [1.54, 1.807) is 0 Å². The molecule has 0 amide bonds. The van der Waals surface area contributed by atoms with E-state index in [1.807, 2.05) is 17.9 Å². The number of fused-ring (bicyclic) bond motifs is 1. The van der Waals surface area contributed by atoms with E-state index in [0.29, 0.717) is 12.6 Å². The molecule has 18 heavy (non-hydrogen) atoms. The monoisotopic (exact) mass is 248 g/mol. The standard InChI is InChI=1S/C14H24N4/c1-10-13(7-16-17(10)2)14(6-15)18-8-11-4-3-5-12(11)9-18/h7,11-12,14H,3-6,8-9,15H2,1-2H3. The van der Waals surface area contributed by atoms with Crippen LogP contribution in [0.1, 0.15) is 36.6 Å². The molecule has 1 saturated heterocycles. The first-order valence-corrected chi connectivity index (χ1v) is 7.13. The van der Waals surface area contributed by atoms with Crippen LogP contribution in [0.3, 0.4) is 0 Å². The third kappa shape index (κ3) is 1.88. The Kier molecular flexibility index (Phi) is 3.16. The minimum atomic E-state index is 0.365. The number of aromatic nitrogens is 2. The maximum atomic E-state index is 6.03. The number of aryl methyl sites for hydroxylation is 1. The normalized spacial score (nSPS) is 29.7. The average molecular weight is 248 g/mol. The molecule has 1 saturated carbocycles. The summed E-state index contributed by atoms with van der Waals surface area (Å²) in [6.07, 6.45) is 6.28. The summed E-state index contributed by atoms with van der Waals surface area (Å²) in [6, 6.07) is 0.365. The first-order chi connectivity index (χ1) is 8.70. The van der Waals surface area contributed by atoms with Crippen LogP contribution in [0.2, 0.25) is 0 Å². The van der Waals surface area contributed by atoms with E-state index < -0.39 is 0 Å². The van der Waals surface area contributed by atoms with Gasteiger partial charge in [-0.05, 0) is 31.6 Å². The van der Waals surface area contributed by atoms with Gasteiger partial charge in [0.1, 0.15) is 0 Å². The van der Waals surface area contributed by atoms with Gasteiger partial charge in [0.2, 0.25) is 0 Å². The Labute approximate surface area is 109 Å². The molecule has 2 fully saturated rings. The average Bonchev–Trinajstić information content (AvgIpc) is 3.00. The summed E-state index contributed by atoms with van der Waals surface area (Å²) in [6.45, 7) is 5.32. The van der Waals surface area contributed by atoms with E-state index >= 15 is 0 Å². The highest BCUT2D eigenvalue weighted by Gasteiger charge is 2.39. The van der Waals surface area contributed by atoms with E-state index in [9.17, 15) is 0 Å². The molecule has 100 valence electrons. The van der Waals surface area contributed by atoms with Crippen LogP contribution < -0.4 is 5.73 Å². The molecule has 0 bridgehead atoms. The van der Waals surface area contributed by atoms with E-state index in [2.05, 4.69) is 16.9 Å². The third-order valence-corrected chi connectivity index (χ3v) is 5.05. The summed E-state index contributed by atoms with van der Waals surface area (Å²) < 4.78 is 1.95. The predicted molar refractivity (Wildman–Crippen MR) is 72.1 cm³/mol. The van der Waals surface area contributed by atoms with Gasteiger partial charge < -0.3 is 5.73 Å². The van der Waals surface area contributed by atoms with Crippen LogP contribution in [0.5, 0.6) is 0 Å². The first-order valence-electron chi connectivity index (χ1n) is 7.13. The van der Waals surface area contributed by atoms with Crippen LogP contribution in [-0.2, 0) is 7.05 Å². The fourth-order valence-corrected chi connectivity index (χ4v) is 3.84. The van der Waals surface area contributed by atoms with Crippen molar-refractivity contribution in [2.75, 3.05) is 19.6 Å². The van der Waals surface area contributed by atoms with Crippen molar-refractivity contribution < 1.29 is 0 Å². The lowest BCUT2D eigenvalue weighted by Crippen LogP contribution is -2.33. The van der Waals surface area contributed by atoms with Gasteiger partial charge in [-0.2, -0.15) is 5.10 Å². The molecule has 1 aliphatic heterocycles. The number of nitrogens with zero attached hydrogens (tertiary/aromatic N) is 3. The Bertz CT molecular complexity index is 413. The van der Waals surface area contributed by atoms with Gasteiger partial charge in [-0.25, -0.2) is 0 Å². The third-order valence-electron chi connectivity index (χ3n) is 5.05. The summed E-state index contributed by atoms with van der Waals surface area (Å²) in [5.41, 5.74) is 8.61. The molecule has 1 aromatic rings. The number of rotatable bonds is 3. The van der Waals surface area contributed by atoms with Gasteiger partial charge in [-0.15, -0.1) is 0 Å². The van der Waals surface area contributed by atoms with Crippen LogP contribution in [0, 0.1) is 18.8 Å². The molecular weight excluding hydrogens is 224 g/mol. The maximum absolute atomic E-state index is 6.03. The summed E-state index contributed by atoms with van der Waals surface area (Å²) in [4.78, 5) is 2.60. The molecule has 1 aliphatic carbocycles. The summed E-state index contributed by atoms with van der Waals surface area (Å²) in [7, 11) is 2.01. The van der Waals surface area contributed by atoms with Crippen molar-refractivity contribution in [2.45, 2.75) is 32.2 Å². The molecule has 3 unspecified atom stereocenters. The lowest BCUT2D eigenvalue weighted by atomic mass is 10.0. The second-order valence-electron chi connectivity index (χ2n) is 5.97. The van der Waals surface area contributed by atoms with Crippen LogP contribution in [-0.4, -0.2) is 34.3 Å². The van der Waals surface area contributed by atoms with Crippen molar-refractivity contribution in [3.63, 3.8) is 0 Å². The molecule has 2 heterocycles. The SMILES string of the molecule is Cc1c(C(CN)N2CC3CCCC3C2)cnn1C. The van der Waals surface area contributed by atoms with Crippen LogP contribution in [0.25, 0.3) is 0 Å².